The maximum Gasteiger partial charge on any atom is 0.0584 e. The summed E-state index contributed by atoms with van der Waals surface area (Å²) in [5.41, 5.74) is 0. The Labute approximate surface area is 108 Å². The van der Waals surface area contributed by atoms with Gasteiger partial charge in [0.15, 0.2) is 0 Å². The largest absolute Gasteiger partial charge is 0.233 e. The number of thiocarbonyl (C=S) groups is 1. The SMILES string of the molecule is S=C=NCCCCCCCCCCCBr. The van der Waals surface area contributed by atoms with Crippen LogP contribution in [0.4, 0.5) is 0 Å². The summed E-state index contributed by atoms with van der Waals surface area (Å²) in [6.45, 7) is 0.870. The minimum absolute atomic E-state index is 0.870. The minimum Gasteiger partial charge on any atom is -0.233 e. The Kier molecular flexibility index (Phi) is 14.5. The van der Waals surface area contributed by atoms with E-state index in [9.17, 15) is 0 Å². The zero-order valence-electron chi connectivity index (χ0n) is 9.51. The Morgan fingerprint density at radius 2 is 1.27 bits per heavy atom. The molecule has 0 aliphatic carbocycles. The topological polar surface area (TPSA) is 12.4 Å². The molecular formula is C12H22BrNS. The fraction of sp³-hybridized carbons (Fsp3) is 0.917. The monoisotopic (exact) mass is 291 g/mol. The Bertz CT molecular complexity index is 167. The predicted octanol–water partition coefficient (Wildman–Crippen LogP) is 5.00. The molecule has 0 aliphatic rings. The van der Waals surface area contributed by atoms with Gasteiger partial charge in [-0.1, -0.05) is 60.9 Å². The number of nitrogens with zero attached hydrogens (tertiary/aromatic N) is 1. The summed E-state index contributed by atoms with van der Waals surface area (Å²) >= 11 is 7.95. The smallest absolute Gasteiger partial charge is 0.0584 e. The Balaban J connectivity index is 2.89. The summed E-state index contributed by atoms with van der Waals surface area (Å²) in [5, 5.41) is 3.56. The molecule has 1 nitrogen and oxygen atoms in total. The molecule has 0 heterocycles. The molecule has 88 valence electrons. The van der Waals surface area contributed by atoms with E-state index in [1.807, 2.05) is 0 Å². The standard InChI is InChI=1S/C12H22BrNS/c13-10-8-6-4-2-1-3-5-7-9-11-14-12-15/h1-11H2. The molecule has 0 amide bonds. The number of alkyl halides is 1. The normalized spacial score (nSPS) is 9.93. The van der Waals surface area contributed by atoms with Gasteiger partial charge in [-0.2, -0.15) is 0 Å². The summed E-state index contributed by atoms with van der Waals surface area (Å²) < 4.78 is 0. The lowest BCUT2D eigenvalue weighted by molar-refractivity contribution is 0.568. The van der Waals surface area contributed by atoms with Crippen LogP contribution in [0.3, 0.4) is 0 Å². The summed E-state index contributed by atoms with van der Waals surface area (Å²) in [6, 6.07) is 0. The first kappa shape index (κ1) is 15.3. The zero-order chi connectivity index (χ0) is 11.2. The first-order valence-electron chi connectivity index (χ1n) is 6.01. The van der Waals surface area contributed by atoms with E-state index in [1.165, 1.54) is 57.8 Å². The average Bonchev–Trinajstić information content (AvgIpc) is 2.26. The second-order valence-corrected chi connectivity index (χ2v) is 4.82. The van der Waals surface area contributed by atoms with Crippen LogP contribution in [0.2, 0.25) is 0 Å². The van der Waals surface area contributed by atoms with Crippen molar-refractivity contribution in [3.63, 3.8) is 0 Å². The minimum atomic E-state index is 0.870. The predicted molar refractivity (Wildman–Crippen MR) is 75.2 cm³/mol. The lowest BCUT2D eigenvalue weighted by Crippen LogP contribution is -1.84. The molecule has 0 saturated carbocycles. The third-order valence-corrected chi connectivity index (χ3v) is 3.16. The molecule has 0 bridgehead atoms. The van der Waals surface area contributed by atoms with Gasteiger partial charge in [-0.25, -0.2) is 4.99 Å². The number of hydrogen-bond acceptors (Lipinski definition) is 2. The first-order chi connectivity index (χ1) is 7.41. The number of aliphatic imine (C=N–C) groups is 1. The van der Waals surface area contributed by atoms with Gasteiger partial charge in [-0.3, -0.25) is 0 Å². The van der Waals surface area contributed by atoms with Gasteiger partial charge in [0.25, 0.3) is 0 Å². The van der Waals surface area contributed by atoms with E-state index < -0.39 is 0 Å². The fourth-order valence-electron chi connectivity index (χ4n) is 1.57. The van der Waals surface area contributed by atoms with Crippen LogP contribution in [0.5, 0.6) is 0 Å². The Hall–Kier alpha value is 0.280. The number of isothiocyanates is 1. The highest BCUT2D eigenvalue weighted by atomic mass is 79.9. The molecule has 0 N–H and O–H groups in total. The molecule has 0 spiro atoms. The van der Waals surface area contributed by atoms with Crippen LogP contribution in [0.25, 0.3) is 0 Å². The van der Waals surface area contributed by atoms with Gasteiger partial charge in [0, 0.05) is 11.9 Å². The highest BCUT2D eigenvalue weighted by Crippen LogP contribution is 2.10. The second kappa shape index (κ2) is 14.3. The lowest BCUT2D eigenvalue weighted by Gasteiger charge is -2.00. The molecular weight excluding hydrogens is 270 g/mol. The zero-order valence-corrected chi connectivity index (χ0v) is 11.9. The molecule has 0 aliphatic heterocycles. The summed E-state index contributed by atoms with van der Waals surface area (Å²) in [7, 11) is 0. The molecule has 3 heteroatoms. The number of rotatable bonds is 11. The number of hydrogen-bond donors (Lipinski definition) is 0. The Morgan fingerprint density at radius 1 is 0.800 bits per heavy atom. The molecule has 0 radical (unpaired) electrons. The van der Waals surface area contributed by atoms with Crippen molar-refractivity contribution in [2.45, 2.75) is 57.8 Å². The van der Waals surface area contributed by atoms with Gasteiger partial charge < -0.3 is 0 Å². The van der Waals surface area contributed by atoms with Crippen LogP contribution in [-0.2, 0) is 0 Å². The molecule has 0 saturated heterocycles. The van der Waals surface area contributed by atoms with Crippen LogP contribution in [0.15, 0.2) is 4.99 Å². The van der Waals surface area contributed by atoms with E-state index in [-0.39, 0.29) is 0 Å². The van der Waals surface area contributed by atoms with Gasteiger partial charge in [-0.05, 0) is 25.1 Å². The second-order valence-electron chi connectivity index (χ2n) is 3.84. The first-order valence-corrected chi connectivity index (χ1v) is 7.54. The van der Waals surface area contributed by atoms with Gasteiger partial charge in [-0.15, -0.1) is 0 Å². The molecule has 0 unspecified atom stereocenters. The highest BCUT2D eigenvalue weighted by Gasteiger charge is 1.91. The average molecular weight is 292 g/mol. The maximum absolute atomic E-state index is 4.50. The molecule has 0 aromatic rings. The van der Waals surface area contributed by atoms with E-state index in [0.717, 1.165) is 11.9 Å². The van der Waals surface area contributed by atoms with Crippen LogP contribution < -0.4 is 0 Å². The van der Waals surface area contributed by atoms with Crippen molar-refractivity contribution in [3.8, 4) is 0 Å². The molecule has 0 fully saturated rings. The summed E-state index contributed by atoms with van der Waals surface area (Å²) in [5.74, 6) is 0. The van der Waals surface area contributed by atoms with E-state index in [2.05, 4.69) is 38.3 Å². The van der Waals surface area contributed by atoms with Crippen molar-refractivity contribution in [2.24, 2.45) is 4.99 Å². The molecule has 15 heavy (non-hydrogen) atoms. The summed E-state index contributed by atoms with van der Waals surface area (Å²) in [6.07, 6.45) is 12.1. The summed E-state index contributed by atoms with van der Waals surface area (Å²) in [4.78, 5) is 3.90. The van der Waals surface area contributed by atoms with E-state index in [1.54, 1.807) is 0 Å². The maximum atomic E-state index is 4.50. The van der Waals surface area contributed by atoms with Crippen LogP contribution in [0, 0.1) is 0 Å². The molecule has 0 aromatic heterocycles. The third kappa shape index (κ3) is 14.3. The van der Waals surface area contributed by atoms with E-state index in [4.69, 9.17) is 0 Å². The van der Waals surface area contributed by atoms with E-state index >= 15 is 0 Å². The van der Waals surface area contributed by atoms with Crippen molar-refractivity contribution in [1.82, 2.24) is 0 Å². The van der Waals surface area contributed by atoms with Gasteiger partial charge in [0.2, 0.25) is 0 Å². The van der Waals surface area contributed by atoms with Crippen molar-refractivity contribution in [2.75, 3.05) is 11.9 Å². The van der Waals surface area contributed by atoms with Gasteiger partial charge in [0.05, 0.1) is 5.16 Å². The van der Waals surface area contributed by atoms with Crippen LogP contribution in [-0.4, -0.2) is 17.0 Å². The van der Waals surface area contributed by atoms with Crippen molar-refractivity contribution in [3.05, 3.63) is 0 Å². The molecule has 0 rings (SSSR count). The number of unbranched alkanes of at least 4 members (excludes halogenated alkanes) is 8. The fourth-order valence-corrected chi connectivity index (χ4v) is 2.06. The lowest BCUT2D eigenvalue weighted by atomic mass is 10.1. The Morgan fingerprint density at radius 3 is 1.73 bits per heavy atom. The quantitative estimate of drug-likeness (QED) is 0.226. The molecule has 0 aromatic carbocycles. The number of halogens is 1. The molecule has 0 atom stereocenters. The van der Waals surface area contributed by atoms with Crippen LogP contribution >= 0.6 is 28.1 Å². The van der Waals surface area contributed by atoms with Gasteiger partial charge >= 0.3 is 0 Å². The highest BCUT2D eigenvalue weighted by molar-refractivity contribution is 9.09. The third-order valence-electron chi connectivity index (χ3n) is 2.47. The van der Waals surface area contributed by atoms with Crippen molar-refractivity contribution >= 4 is 33.3 Å². The van der Waals surface area contributed by atoms with Crippen molar-refractivity contribution in [1.29, 1.82) is 0 Å². The van der Waals surface area contributed by atoms with E-state index in [0.29, 0.717) is 0 Å². The van der Waals surface area contributed by atoms with Crippen molar-refractivity contribution < 1.29 is 0 Å². The van der Waals surface area contributed by atoms with Gasteiger partial charge in [0.1, 0.15) is 0 Å². The van der Waals surface area contributed by atoms with Crippen LogP contribution in [0.1, 0.15) is 57.8 Å².